The van der Waals surface area contributed by atoms with Crippen LogP contribution < -0.4 is 20.4 Å². The third kappa shape index (κ3) is 3.26. The van der Waals surface area contributed by atoms with Gasteiger partial charge in [0, 0.05) is 25.8 Å². The normalized spacial score (nSPS) is 18.2. The maximum absolute atomic E-state index is 11.7. The number of nitrogens with two attached hydrogens (primary N) is 1. The molecule has 2 atom stereocenters. The highest BCUT2D eigenvalue weighted by atomic mass is 16.6. The van der Waals surface area contributed by atoms with Crippen LogP contribution in [0.1, 0.15) is 34.9 Å². The van der Waals surface area contributed by atoms with Gasteiger partial charge in [-0.1, -0.05) is 0 Å². The number of amides is 2. The molecule has 0 bridgehead atoms. The van der Waals surface area contributed by atoms with E-state index in [2.05, 4.69) is 12.2 Å². The number of primary amides is 1. The van der Waals surface area contributed by atoms with Crippen molar-refractivity contribution >= 4 is 17.7 Å². The van der Waals surface area contributed by atoms with Crippen LogP contribution in [0.2, 0.25) is 0 Å². The van der Waals surface area contributed by atoms with E-state index in [4.69, 9.17) is 10.5 Å². The smallest absolute Gasteiger partial charge is 0.410 e. The monoisotopic (exact) mass is 341 g/mol. The van der Waals surface area contributed by atoms with E-state index in [1.165, 1.54) is 4.90 Å². The molecule has 1 aromatic carbocycles. The fraction of sp³-hybridized carbons (Fsp3) is 0.278. The number of carbonyl (C=O) groups excluding carboxylic acids is 2. The molecule has 2 amide bonds. The molecule has 130 valence electrons. The zero-order valence-corrected chi connectivity index (χ0v) is 14.4. The summed E-state index contributed by atoms with van der Waals surface area (Å²) < 4.78 is 7.26. The first kappa shape index (κ1) is 16.8. The van der Waals surface area contributed by atoms with Crippen molar-refractivity contribution in [3.05, 3.63) is 53.9 Å². The number of hydrogen-bond acceptors (Lipinski definition) is 4. The molecule has 25 heavy (non-hydrogen) atoms. The highest BCUT2D eigenvalue weighted by Crippen LogP contribution is 2.40. The van der Waals surface area contributed by atoms with Gasteiger partial charge >= 0.3 is 6.09 Å². The summed E-state index contributed by atoms with van der Waals surface area (Å²) >= 11 is 0. The van der Waals surface area contributed by atoms with Crippen molar-refractivity contribution in [1.29, 1.82) is 0 Å². The van der Waals surface area contributed by atoms with Gasteiger partial charge in [-0.3, -0.25) is 4.79 Å². The number of carbonyl (C=O) groups is 2. The Morgan fingerprint density at radius 1 is 1.28 bits per heavy atom. The minimum Gasteiger partial charge on any atom is -0.410 e. The number of pyridine rings is 1. The van der Waals surface area contributed by atoms with Crippen molar-refractivity contribution in [2.45, 2.75) is 19.0 Å². The van der Waals surface area contributed by atoms with Crippen LogP contribution in [0, 0.1) is 0 Å². The Morgan fingerprint density at radius 2 is 2.04 bits per heavy atom. The fourth-order valence-corrected chi connectivity index (χ4v) is 2.90. The van der Waals surface area contributed by atoms with Gasteiger partial charge in [0.2, 0.25) is 6.17 Å². The van der Waals surface area contributed by atoms with E-state index in [1.807, 2.05) is 22.9 Å². The van der Waals surface area contributed by atoms with Crippen LogP contribution in [-0.4, -0.2) is 31.0 Å². The highest BCUT2D eigenvalue weighted by molar-refractivity contribution is 5.92. The van der Waals surface area contributed by atoms with E-state index in [9.17, 15) is 9.59 Å². The van der Waals surface area contributed by atoms with Crippen molar-refractivity contribution in [2.75, 3.05) is 19.4 Å². The first-order chi connectivity index (χ1) is 11.9. The van der Waals surface area contributed by atoms with Crippen molar-refractivity contribution in [2.24, 2.45) is 5.73 Å². The Kier molecular flexibility index (Phi) is 4.31. The third-order valence-corrected chi connectivity index (χ3v) is 4.29. The quantitative estimate of drug-likeness (QED) is 0.834. The SMILES string of the molecule is CC1c2cc(OC(=O)N(C)C)ccc2NC1[n+]1cccc(C(N)=O)c1. The van der Waals surface area contributed by atoms with E-state index in [-0.39, 0.29) is 12.1 Å². The van der Waals surface area contributed by atoms with Crippen molar-refractivity contribution in [3.8, 4) is 5.75 Å². The van der Waals surface area contributed by atoms with Crippen LogP contribution >= 0.6 is 0 Å². The van der Waals surface area contributed by atoms with E-state index in [1.54, 1.807) is 38.5 Å². The van der Waals surface area contributed by atoms with E-state index < -0.39 is 12.0 Å². The molecule has 0 saturated carbocycles. The Balaban J connectivity index is 1.86. The summed E-state index contributed by atoms with van der Waals surface area (Å²) in [6.07, 6.45) is 3.14. The third-order valence-electron chi connectivity index (χ3n) is 4.29. The maximum Gasteiger partial charge on any atom is 0.414 e. The van der Waals surface area contributed by atoms with Crippen molar-refractivity contribution in [3.63, 3.8) is 0 Å². The van der Waals surface area contributed by atoms with Gasteiger partial charge in [-0.2, -0.15) is 4.57 Å². The Labute approximate surface area is 146 Å². The lowest BCUT2D eigenvalue weighted by Crippen LogP contribution is -2.44. The molecular formula is C18H21N4O3+. The summed E-state index contributed by atoms with van der Waals surface area (Å²) in [6.45, 7) is 2.07. The highest BCUT2D eigenvalue weighted by Gasteiger charge is 2.36. The molecule has 1 aliphatic rings. The van der Waals surface area contributed by atoms with Crippen molar-refractivity contribution in [1.82, 2.24) is 4.90 Å². The molecule has 0 fully saturated rings. The van der Waals surface area contributed by atoms with Crippen LogP contribution in [0.3, 0.4) is 0 Å². The average molecular weight is 341 g/mol. The van der Waals surface area contributed by atoms with Gasteiger partial charge in [-0.05, 0) is 36.8 Å². The number of nitrogens with zero attached hydrogens (tertiary/aromatic N) is 2. The van der Waals surface area contributed by atoms with Crippen molar-refractivity contribution < 1.29 is 18.9 Å². The number of anilines is 1. The second-order valence-electron chi connectivity index (χ2n) is 6.29. The van der Waals surface area contributed by atoms with Crippen LogP contribution in [0.25, 0.3) is 0 Å². The number of aromatic nitrogens is 1. The van der Waals surface area contributed by atoms with E-state index in [0.29, 0.717) is 11.3 Å². The van der Waals surface area contributed by atoms with E-state index >= 15 is 0 Å². The van der Waals surface area contributed by atoms with Gasteiger partial charge in [0.25, 0.3) is 5.91 Å². The minimum absolute atomic E-state index is 0.0610. The molecule has 3 N–H and O–H groups in total. The topological polar surface area (TPSA) is 88.5 Å². The zero-order chi connectivity index (χ0) is 18.1. The molecule has 2 aromatic rings. The first-order valence-corrected chi connectivity index (χ1v) is 7.97. The predicted molar refractivity (Wildman–Crippen MR) is 92.4 cm³/mol. The molecule has 1 aromatic heterocycles. The molecule has 2 unspecified atom stereocenters. The van der Waals surface area contributed by atoms with Crippen LogP contribution in [0.15, 0.2) is 42.7 Å². The van der Waals surface area contributed by atoms with Gasteiger partial charge in [-0.25, -0.2) is 4.79 Å². The summed E-state index contributed by atoms with van der Waals surface area (Å²) in [5, 5.41) is 3.43. The molecule has 7 nitrogen and oxygen atoms in total. The average Bonchev–Trinajstić information content (AvgIpc) is 2.91. The van der Waals surface area contributed by atoms with Gasteiger partial charge in [0.1, 0.15) is 11.3 Å². The van der Waals surface area contributed by atoms with Crippen LogP contribution in [0.4, 0.5) is 10.5 Å². The molecule has 0 saturated heterocycles. The molecular weight excluding hydrogens is 320 g/mol. The first-order valence-electron chi connectivity index (χ1n) is 7.97. The number of ether oxygens (including phenoxy) is 1. The molecule has 0 spiro atoms. The molecule has 2 heterocycles. The standard InChI is InChI=1S/C18H20N4O3/c1-11-14-9-13(25-18(24)21(2)3)6-7-15(14)20-17(11)22-8-4-5-12(10-22)16(19)23/h4-11,17,20H,1-3H3,(H-,19,23)/p+1. The van der Waals surface area contributed by atoms with Gasteiger partial charge in [0.05, 0.1) is 5.92 Å². The summed E-state index contributed by atoms with van der Waals surface area (Å²) in [4.78, 5) is 24.5. The predicted octanol–water partition coefficient (Wildman–Crippen LogP) is 1.86. The molecule has 1 aliphatic heterocycles. The largest absolute Gasteiger partial charge is 0.414 e. The summed E-state index contributed by atoms with van der Waals surface area (Å²) in [7, 11) is 3.27. The number of hydrogen-bond donors (Lipinski definition) is 2. The van der Waals surface area contributed by atoms with Gasteiger partial charge < -0.3 is 20.7 Å². The lowest BCUT2D eigenvalue weighted by Gasteiger charge is -2.12. The zero-order valence-electron chi connectivity index (χ0n) is 14.4. The van der Waals surface area contributed by atoms with Gasteiger partial charge in [0.15, 0.2) is 12.4 Å². The van der Waals surface area contributed by atoms with Crippen LogP contribution in [0.5, 0.6) is 5.75 Å². The minimum atomic E-state index is -0.463. The lowest BCUT2D eigenvalue weighted by atomic mass is 10.0. The Hall–Kier alpha value is -3.09. The molecule has 0 aliphatic carbocycles. The second-order valence-corrected chi connectivity index (χ2v) is 6.29. The Bertz CT molecular complexity index is 835. The second kappa shape index (κ2) is 6.43. The molecule has 0 radical (unpaired) electrons. The number of benzene rings is 1. The summed E-state index contributed by atoms with van der Waals surface area (Å²) in [6, 6.07) is 8.99. The van der Waals surface area contributed by atoms with Crippen LogP contribution in [-0.2, 0) is 0 Å². The number of nitrogens with one attached hydrogen (secondary N) is 1. The fourth-order valence-electron chi connectivity index (χ4n) is 2.90. The van der Waals surface area contributed by atoms with Gasteiger partial charge in [-0.15, -0.1) is 0 Å². The lowest BCUT2D eigenvalue weighted by molar-refractivity contribution is -0.718. The number of rotatable bonds is 3. The number of fused-ring (bicyclic) bond motifs is 1. The Morgan fingerprint density at radius 3 is 2.72 bits per heavy atom. The molecule has 7 heteroatoms. The van der Waals surface area contributed by atoms with E-state index in [0.717, 1.165) is 11.3 Å². The summed E-state index contributed by atoms with van der Waals surface area (Å²) in [5.74, 6) is 0.152. The molecule has 3 rings (SSSR count). The maximum atomic E-state index is 11.7. The summed E-state index contributed by atoms with van der Waals surface area (Å²) in [5.41, 5.74) is 7.84.